The van der Waals surface area contributed by atoms with Crippen LogP contribution in [-0.4, -0.2) is 99.3 Å². The van der Waals surface area contributed by atoms with Crippen molar-refractivity contribution in [3.05, 3.63) is 54.9 Å². The van der Waals surface area contributed by atoms with Gasteiger partial charge in [0.25, 0.3) is 0 Å². The van der Waals surface area contributed by atoms with Gasteiger partial charge in [-0.1, -0.05) is 37.8 Å². The SMILES string of the molecule is COc1cc(N(C)CCN(C)CCNC(=O)OC(C)(C)C)c(NC(=O)OCC[Si](C)(C)C)cc1Nc1nccc(-c2cn(C)c3ccccc23)n1. The van der Waals surface area contributed by atoms with Crippen LogP contribution in [0.5, 0.6) is 5.75 Å². The summed E-state index contributed by atoms with van der Waals surface area (Å²) in [7, 11) is 6.16. The number of carbonyl (C=O) groups excluding carboxylic acids is 2. The number of hydrogen-bond donors (Lipinski definition) is 3. The Morgan fingerprint density at radius 2 is 1.73 bits per heavy atom. The molecule has 14 heteroatoms. The molecule has 276 valence electrons. The first-order valence-electron chi connectivity index (χ1n) is 17.2. The van der Waals surface area contributed by atoms with Gasteiger partial charge in [-0.05, 0) is 52.1 Å². The minimum absolute atomic E-state index is 0.352. The van der Waals surface area contributed by atoms with E-state index in [0.717, 1.165) is 33.9 Å². The lowest BCUT2D eigenvalue weighted by Gasteiger charge is -2.27. The Morgan fingerprint density at radius 1 is 0.980 bits per heavy atom. The summed E-state index contributed by atoms with van der Waals surface area (Å²) in [6, 6.07) is 14.6. The Balaban J connectivity index is 1.54. The number of nitrogens with zero attached hydrogens (tertiary/aromatic N) is 5. The number of anilines is 4. The van der Waals surface area contributed by atoms with Crippen molar-refractivity contribution in [3.63, 3.8) is 0 Å². The maximum absolute atomic E-state index is 13.1. The second-order valence-electron chi connectivity index (χ2n) is 14.9. The predicted octanol–water partition coefficient (Wildman–Crippen LogP) is 7.17. The number of likely N-dealkylation sites (N-methyl/N-ethyl adjacent to an activating group) is 2. The van der Waals surface area contributed by atoms with Gasteiger partial charge in [-0.2, -0.15) is 0 Å². The molecule has 0 radical (unpaired) electrons. The predicted molar refractivity (Wildman–Crippen MR) is 208 cm³/mol. The third kappa shape index (κ3) is 11.6. The molecule has 0 aliphatic rings. The lowest BCUT2D eigenvalue weighted by Crippen LogP contribution is -2.39. The molecule has 2 aromatic carbocycles. The van der Waals surface area contributed by atoms with E-state index in [1.807, 2.05) is 77.1 Å². The number of hydrogen-bond acceptors (Lipinski definition) is 10. The first kappa shape index (κ1) is 39.0. The van der Waals surface area contributed by atoms with Crippen molar-refractivity contribution in [1.82, 2.24) is 24.8 Å². The van der Waals surface area contributed by atoms with Crippen LogP contribution in [0.3, 0.4) is 0 Å². The molecule has 2 amide bonds. The van der Waals surface area contributed by atoms with Crippen LogP contribution < -0.4 is 25.6 Å². The average molecular weight is 719 g/mol. The summed E-state index contributed by atoms with van der Waals surface area (Å²) in [6.07, 6.45) is 2.81. The van der Waals surface area contributed by atoms with Gasteiger partial charge < -0.3 is 39.2 Å². The highest BCUT2D eigenvalue weighted by Crippen LogP contribution is 2.38. The van der Waals surface area contributed by atoms with Crippen LogP contribution in [0.4, 0.5) is 32.6 Å². The van der Waals surface area contributed by atoms with E-state index in [0.29, 0.717) is 55.9 Å². The van der Waals surface area contributed by atoms with E-state index >= 15 is 0 Å². The van der Waals surface area contributed by atoms with Gasteiger partial charge in [0.2, 0.25) is 5.95 Å². The maximum atomic E-state index is 13.1. The molecule has 0 fully saturated rings. The zero-order chi connectivity index (χ0) is 37.3. The van der Waals surface area contributed by atoms with Crippen LogP contribution in [0.15, 0.2) is 54.9 Å². The smallest absolute Gasteiger partial charge is 0.411 e. The van der Waals surface area contributed by atoms with Gasteiger partial charge in [0, 0.05) is 83.3 Å². The molecule has 51 heavy (non-hydrogen) atoms. The highest BCUT2D eigenvalue weighted by Gasteiger charge is 2.20. The monoisotopic (exact) mass is 718 g/mol. The van der Waals surface area contributed by atoms with Gasteiger partial charge in [-0.25, -0.2) is 19.6 Å². The summed E-state index contributed by atoms with van der Waals surface area (Å²) in [5.41, 5.74) is 4.19. The molecule has 0 spiro atoms. The summed E-state index contributed by atoms with van der Waals surface area (Å²) < 4.78 is 18.8. The second kappa shape index (κ2) is 16.9. The van der Waals surface area contributed by atoms with Gasteiger partial charge in [0.15, 0.2) is 0 Å². The minimum Gasteiger partial charge on any atom is -0.494 e. The molecule has 0 unspecified atom stereocenters. The molecule has 0 aliphatic carbocycles. The lowest BCUT2D eigenvalue weighted by molar-refractivity contribution is 0.0523. The molecule has 0 atom stereocenters. The summed E-state index contributed by atoms with van der Waals surface area (Å²) in [4.78, 5) is 38.6. The van der Waals surface area contributed by atoms with Gasteiger partial charge >= 0.3 is 12.2 Å². The number of carbonyl (C=O) groups is 2. The number of aromatic nitrogens is 3. The largest absolute Gasteiger partial charge is 0.494 e. The van der Waals surface area contributed by atoms with Crippen molar-refractivity contribution in [1.29, 1.82) is 0 Å². The van der Waals surface area contributed by atoms with Crippen LogP contribution >= 0.6 is 0 Å². The number of methoxy groups -OCH3 is 1. The van der Waals surface area contributed by atoms with E-state index in [4.69, 9.17) is 19.2 Å². The summed E-state index contributed by atoms with van der Waals surface area (Å²) in [6.45, 7) is 15.0. The number of fused-ring (bicyclic) bond motifs is 1. The molecule has 13 nitrogen and oxygen atoms in total. The zero-order valence-electron chi connectivity index (χ0n) is 31.7. The Kier molecular flexibility index (Phi) is 12.9. The van der Waals surface area contributed by atoms with Gasteiger partial charge in [0.1, 0.15) is 11.4 Å². The van der Waals surface area contributed by atoms with Crippen molar-refractivity contribution < 1.29 is 23.8 Å². The average Bonchev–Trinajstić information content (AvgIpc) is 3.38. The van der Waals surface area contributed by atoms with Crippen molar-refractivity contribution in [2.45, 2.75) is 52.1 Å². The fraction of sp³-hybridized carbons (Fsp3) is 0.459. The number of para-hydroxylation sites is 1. The third-order valence-electron chi connectivity index (χ3n) is 8.10. The van der Waals surface area contributed by atoms with Gasteiger partial charge in [-0.3, -0.25) is 5.32 Å². The molecule has 0 aliphatic heterocycles. The van der Waals surface area contributed by atoms with E-state index in [9.17, 15) is 9.59 Å². The normalized spacial score (nSPS) is 11.7. The fourth-order valence-electron chi connectivity index (χ4n) is 5.30. The third-order valence-corrected chi connectivity index (χ3v) is 9.81. The highest BCUT2D eigenvalue weighted by molar-refractivity contribution is 6.76. The first-order chi connectivity index (χ1) is 24.0. The molecule has 4 rings (SSSR count). The van der Waals surface area contributed by atoms with E-state index in [1.165, 1.54) is 0 Å². The van der Waals surface area contributed by atoms with Gasteiger partial charge in [0.05, 0.1) is 36.5 Å². The Bertz CT molecular complexity index is 1800. The van der Waals surface area contributed by atoms with Gasteiger partial charge in [-0.15, -0.1) is 0 Å². The second-order valence-corrected chi connectivity index (χ2v) is 20.5. The van der Waals surface area contributed by atoms with Crippen LogP contribution in [0.25, 0.3) is 22.2 Å². The number of ether oxygens (including phenoxy) is 3. The van der Waals surface area contributed by atoms with Crippen LogP contribution in [-0.2, 0) is 16.5 Å². The highest BCUT2D eigenvalue weighted by atomic mass is 28.3. The maximum Gasteiger partial charge on any atom is 0.411 e. The molecule has 2 heterocycles. The van der Waals surface area contributed by atoms with Crippen LogP contribution in [0.1, 0.15) is 20.8 Å². The number of alkyl carbamates (subject to hydrolysis) is 1. The number of aryl methyl sites for hydroxylation is 1. The van der Waals surface area contributed by atoms with E-state index < -0.39 is 25.9 Å². The molecular formula is C37H54N8O5Si. The fourth-order valence-corrected chi connectivity index (χ4v) is 6.01. The number of rotatable bonds is 15. The molecule has 2 aromatic heterocycles. The molecule has 4 aromatic rings. The first-order valence-corrected chi connectivity index (χ1v) is 20.9. The molecular weight excluding hydrogens is 665 g/mol. The standard InChI is InChI=1S/C37H54N8O5Si/c1-37(2,3)50-35(46)39-17-18-43(4)19-20-44(5)32-24-33(48-7)30(23-29(32)42-36(47)49-21-22-51(8,9)10)41-34-38-16-15-28(40-34)27-25-45(6)31-14-12-11-13-26(27)31/h11-16,23-25H,17-22H2,1-10H3,(H,39,46)(H,42,47)(H,38,40,41). The van der Waals surface area contributed by atoms with E-state index in [-0.39, 0.29) is 0 Å². The lowest BCUT2D eigenvalue weighted by atomic mass is 10.1. The zero-order valence-corrected chi connectivity index (χ0v) is 32.7. The topological polar surface area (TPSA) is 135 Å². The molecule has 0 saturated heterocycles. The minimum atomic E-state index is -1.39. The van der Waals surface area contributed by atoms with E-state index in [2.05, 4.69) is 68.4 Å². The number of amides is 2. The van der Waals surface area contributed by atoms with Crippen molar-refractivity contribution in [3.8, 4) is 17.0 Å². The quantitative estimate of drug-likeness (QED) is 0.109. The van der Waals surface area contributed by atoms with Crippen LogP contribution in [0.2, 0.25) is 25.7 Å². The molecule has 3 N–H and O–H groups in total. The Labute approximate surface area is 302 Å². The van der Waals surface area contributed by atoms with Crippen molar-refractivity contribution in [2.75, 3.05) is 69.5 Å². The molecule has 0 bridgehead atoms. The summed E-state index contributed by atoms with van der Waals surface area (Å²) >= 11 is 0. The van der Waals surface area contributed by atoms with Crippen LogP contribution in [0, 0.1) is 0 Å². The van der Waals surface area contributed by atoms with Crippen molar-refractivity contribution in [2.24, 2.45) is 7.05 Å². The van der Waals surface area contributed by atoms with Crippen molar-refractivity contribution >= 4 is 54.2 Å². The summed E-state index contributed by atoms with van der Waals surface area (Å²) in [5, 5.41) is 10.2. The number of nitrogens with one attached hydrogen (secondary N) is 3. The number of benzene rings is 2. The molecule has 0 saturated carbocycles. The Hall–Kier alpha value is -4.82. The Morgan fingerprint density at radius 3 is 2.43 bits per heavy atom. The summed E-state index contributed by atoms with van der Waals surface area (Å²) in [5.74, 6) is 0.925. The van der Waals surface area contributed by atoms with E-state index in [1.54, 1.807) is 13.3 Å².